The molecule has 0 fully saturated rings. The van der Waals surface area contributed by atoms with Crippen molar-refractivity contribution >= 4 is 34.8 Å². The Morgan fingerprint density at radius 3 is 2.67 bits per heavy atom. The highest BCUT2D eigenvalue weighted by Gasteiger charge is 2.24. The number of fused-ring (bicyclic) bond motifs is 1. The van der Waals surface area contributed by atoms with Crippen LogP contribution in [0.3, 0.4) is 0 Å². The van der Waals surface area contributed by atoms with Gasteiger partial charge in [0.2, 0.25) is 0 Å². The lowest BCUT2D eigenvalue weighted by molar-refractivity contribution is -0.110. The van der Waals surface area contributed by atoms with Gasteiger partial charge in [0, 0.05) is 21.8 Å². The maximum absolute atomic E-state index is 12.5. The molecular formula is C17H12ClF2NO3. The SMILES string of the molecule is COc1ccc(/C=C2/C(=O)Nc3ccc(Cl)cc32)cc1OC(F)F. The summed E-state index contributed by atoms with van der Waals surface area (Å²) in [6.45, 7) is -2.98. The van der Waals surface area contributed by atoms with Gasteiger partial charge in [-0.3, -0.25) is 4.79 Å². The molecule has 1 N–H and O–H groups in total. The molecule has 0 radical (unpaired) electrons. The van der Waals surface area contributed by atoms with Crippen LogP contribution in [0.4, 0.5) is 14.5 Å². The van der Waals surface area contributed by atoms with E-state index < -0.39 is 6.61 Å². The number of rotatable bonds is 4. The number of carbonyl (C=O) groups is 1. The van der Waals surface area contributed by atoms with Gasteiger partial charge < -0.3 is 14.8 Å². The van der Waals surface area contributed by atoms with Crippen molar-refractivity contribution in [1.29, 1.82) is 0 Å². The normalized spacial score (nSPS) is 14.7. The van der Waals surface area contributed by atoms with Crippen LogP contribution in [0.5, 0.6) is 11.5 Å². The molecule has 0 aliphatic carbocycles. The molecule has 1 amide bonds. The Labute approximate surface area is 141 Å². The molecule has 0 bridgehead atoms. The number of alkyl halides is 2. The monoisotopic (exact) mass is 351 g/mol. The average Bonchev–Trinajstić information content (AvgIpc) is 2.83. The van der Waals surface area contributed by atoms with E-state index in [1.807, 2.05) is 0 Å². The maximum Gasteiger partial charge on any atom is 0.387 e. The summed E-state index contributed by atoms with van der Waals surface area (Å²) >= 11 is 5.98. The molecule has 7 heteroatoms. The van der Waals surface area contributed by atoms with Crippen LogP contribution >= 0.6 is 11.6 Å². The van der Waals surface area contributed by atoms with Crippen molar-refractivity contribution in [1.82, 2.24) is 0 Å². The molecule has 0 atom stereocenters. The summed E-state index contributed by atoms with van der Waals surface area (Å²) in [5, 5.41) is 3.22. The van der Waals surface area contributed by atoms with Gasteiger partial charge in [-0.15, -0.1) is 0 Å². The number of hydrogen-bond donors (Lipinski definition) is 1. The number of amides is 1. The molecule has 0 saturated carbocycles. The number of methoxy groups -OCH3 is 1. The van der Waals surface area contributed by atoms with E-state index in [9.17, 15) is 13.6 Å². The molecular weight excluding hydrogens is 340 g/mol. The van der Waals surface area contributed by atoms with E-state index >= 15 is 0 Å². The summed E-state index contributed by atoms with van der Waals surface area (Å²) in [5.41, 5.74) is 2.21. The second-order valence-corrected chi connectivity index (χ2v) is 5.43. The van der Waals surface area contributed by atoms with Gasteiger partial charge in [0.05, 0.1) is 7.11 Å². The first-order valence-corrected chi connectivity index (χ1v) is 7.31. The molecule has 0 aromatic heterocycles. The lowest BCUT2D eigenvalue weighted by Gasteiger charge is -2.10. The number of hydrogen-bond acceptors (Lipinski definition) is 3. The van der Waals surface area contributed by atoms with Crippen LogP contribution in [0.15, 0.2) is 36.4 Å². The van der Waals surface area contributed by atoms with E-state index in [-0.39, 0.29) is 17.4 Å². The van der Waals surface area contributed by atoms with Crippen LogP contribution in [0.2, 0.25) is 5.02 Å². The zero-order valence-corrected chi connectivity index (χ0v) is 13.2. The second-order valence-electron chi connectivity index (χ2n) is 4.99. The smallest absolute Gasteiger partial charge is 0.387 e. The second kappa shape index (κ2) is 6.49. The highest BCUT2D eigenvalue weighted by Crippen LogP contribution is 2.36. The Hall–Kier alpha value is -2.60. The lowest BCUT2D eigenvalue weighted by atomic mass is 10.0. The Morgan fingerprint density at radius 1 is 1.17 bits per heavy atom. The molecule has 1 aliphatic rings. The van der Waals surface area contributed by atoms with Crippen molar-refractivity contribution in [2.75, 3.05) is 12.4 Å². The molecule has 124 valence electrons. The fraction of sp³-hybridized carbons (Fsp3) is 0.118. The summed E-state index contributed by atoms with van der Waals surface area (Å²) in [7, 11) is 1.36. The molecule has 1 heterocycles. The summed E-state index contributed by atoms with van der Waals surface area (Å²) < 4.78 is 34.4. The zero-order valence-electron chi connectivity index (χ0n) is 12.5. The number of ether oxygens (including phenoxy) is 2. The van der Waals surface area contributed by atoms with Gasteiger partial charge in [-0.05, 0) is 42.0 Å². The Bertz CT molecular complexity index is 837. The molecule has 24 heavy (non-hydrogen) atoms. The lowest BCUT2D eigenvalue weighted by Crippen LogP contribution is -2.04. The van der Waals surface area contributed by atoms with Crippen LogP contribution < -0.4 is 14.8 Å². The highest BCUT2D eigenvalue weighted by atomic mass is 35.5. The number of anilines is 1. The summed E-state index contributed by atoms with van der Waals surface area (Å²) in [5.74, 6) is -0.220. The predicted octanol–water partition coefficient (Wildman–Crippen LogP) is 4.44. The van der Waals surface area contributed by atoms with E-state index in [1.54, 1.807) is 30.3 Å². The maximum atomic E-state index is 12.5. The Morgan fingerprint density at radius 2 is 1.96 bits per heavy atom. The summed E-state index contributed by atoms with van der Waals surface area (Å²) in [4.78, 5) is 12.1. The average molecular weight is 352 g/mol. The van der Waals surface area contributed by atoms with E-state index in [0.29, 0.717) is 27.4 Å². The van der Waals surface area contributed by atoms with Gasteiger partial charge in [0.1, 0.15) is 0 Å². The van der Waals surface area contributed by atoms with Crippen LogP contribution in [0.1, 0.15) is 11.1 Å². The van der Waals surface area contributed by atoms with Crippen molar-refractivity contribution in [3.8, 4) is 11.5 Å². The Kier molecular flexibility index (Phi) is 4.40. The van der Waals surface area contributed by atoms with Gasteiger partial charge in [-0.1, -0.05) is 17.7 Å². The summed E-state index contributed by atoms with van der Waals surface area (Å²) in [6, 6.07) is 9.56. The molecule has 0 unspecified atom stereocenters. The van der Waals surface area contributed by atoms with Gasteiger partial charge in [-0.2, -0.15) is 8.78 Å². The van der Waals surface area contributed by atoms with E-state index in [4.69, 9.17) is 16.3 Å². The molecule has 2 aromatic carbocycles. The third-order valence-electron chi connectivity index (χ3n) is 3.48. The van der Waals surface area contributed by atoms with Crippen LogP contribution in [0.25, 0.3) is 11.6 Å². The largest absolute Gasteiger partial charge is 0.493 e. The highest BCUT2D eigenvalue weighted by molar-refractivity contribution is 6.36. The third-order valence-corrected chi connectivity index (χ3v) is 3.71. The third kappa shape index (κ3) is 3.19. The number of carbonyl (C=O) groups excluding carboxylic acids is 1. The van der Waals surface area contributed by atoms with Gasteiger partial charge in [-0.25, -0.2) is 0 Å². The first-order valence-electron chi connectivity index (χ1n) is 6.94. The fourth-order valence-corrected chi connectivity index (χ4v) is 2.61. The summed E-state index contributed by atoms with van der Waals surface area (Å²) in [6.07, 6.45) is 1.58. The fourth-order valence-electron chi connectivity index (χ4n) is 2.44. The first kappa shape index (κ1) is 16.3. The zero-order chi connectivity index (χ0) is 17.3. The minimum atomic E-state index is -2.98. The van der Waals surface area contributed by atoms with Crippen molar-refractivity contribution < 1.29 is 23.0 Å². The number of benzene rings is 2. The van der Waals surface area contributed by atoms with Crippen LogP contribution in [0, 0.1) is 0 Å². The number of halogens is 3. The van der Waals surface area contributed by atoms with Crippen LogP contribution in [-0.4, -0.2) is 19.6 Å². The molecule has 2 aromatic rings. The molecule has 3 rings (SSSR count). The molecule has 0 saturated heterocycles. The standard InChI is InChI=1S/C17H12ClF2NO3/c1-23-14-5-2-9(7-15(14)24-17(19)20)6-12-11-8-10(18)3-4-13(11)21-16(12)22/h2-8,17H,1H3,(H,21,22)/b12-6+. The first-order chi connectivity index (χ1) is 11.5. The minimum absolute atomic E-state index is 0.105. The van der Waals surface area contributed by atoms with Crippen LogP contribution in [-0.2, 0) is 4.79 Å². The molecule has 4 nitrogen and oxygen atoms in total. The van der Waals surface area contributed by atoms with Crippen molar-refractivity contribution in [3.63, 3.8) is 0 Å². The van der Waals surface area contributed by atoms with Gasteiger partial charge in [0.15, 0.2) is 11.5 Å². The van der Waals surface area contributed by atoms with Gasteiger partial charge in [0.25, 0.3) is 5.91 Å². The molecule has 1 aliphatic heterocycles. The van der Waals surface area contributed by atoms with Crippen molar-refractivity contribution in [2.45, 2.75) is 6.61 Å². The van der Waals surface area contributed by atoms with E-state index in [1.165, 1.54) is 19.2 Å². The Balaban J connectivity index is 2.03. The quantitative estimate of drug-likeness (QED) is 0.828. The van der Waals surface area contributed by atoms with Crippen molar-refractivity contribution in [3.05, 3.63) is 52.5 Å². The van der Waals surface area contributed by atoms with Gasteiger partial charge >= 0.3 is 6.61 Å². The minimum Gasteiger partial charge on any atom is -0.493 e. The topological polar surface area (TPSA) is 47.6 Å². The van der Waals surface area contributed by atoms with Crippen molar-refractivity contribution in [2.24, 2.45) is 0 Å². The predicted molar refractivity (Wildman–Crippen MR) is 87.6 cm³/mol. The number of nitrogens with one attached hydrogen (secondary N) is 1. The molecule has 0 spiro atoms. The van der Waals surface area contributed by atoms with E-state index in [0.717, 1.165) is 0 Å². The van der Waals surface area contributed by atoms with E-state index in [2.05, 4.69) is 10.1 Å².